The number of pyridine rings is 1. The van der Waals surface area contributed by atoms with Crippen molar-refractivity contribution in [1.29, 1.82) is 5.26 Å². The largest absolute Gasteiger partial charge is 0.383 e. The lowest BCUT2D eigenvalue weighted by molar-refractivity contribution is -0.131. The molecule has 5 aromatic rings. The van der Waals surface area contributed by atoms with E-state index >= 15 is 0 Å². The molecule has 8 rings (SSSR count). The molecule has 2 saturated heterocycles. The van der Waals surface area contributed by atoms with E-state index in [9.17, 15) is 19.6 Å². The number of nitriles is 1. The van der Waals surface area contributed by atoms with Crippen LogP contribution in [0, 0.1) is 16.7 Å². The topological polar surface area (TPSA) is 177 Å². The molecule has 0 bridgehead atoms. The SMILES string of the molecule is CCc1cc2c(cc1N1CCN(C(=O)CCCN3C[C@H](NC(=O)[C@@H](N)CCCc4c(N)ncc5ccccc45)C(C)(C)C3)CC1)C(C)(C)c1[nH]c3cc(C#N)ccc3c1C2=O. The monoisotopic (exact) mass is 821 g/mol. The fraction of sp³-hybridized carbons (Fsp3) is 0.449. The van der Waals surface area contributed by atoms with Gasteiger partial charge in [0.25, 0.3) is 0 Å². The number of piperazine rings is 1. The van der Waals surface area contributed by atoms with Gasteiger partial charge in [-0.2, -0.15) is 5.26 Å². The molecule has 0 radical (unpaired) electrons. The number of aromatic amines is 1. The minimum absolute atomic E-state index is 0.0167. The molecule has 2 aliphatic heterocycles. The minimum Gasteiger partial charge on any atom is -0.383 e. The molecule has 6 N–H and O–H groups in total. The number of amides is 2. The molecule has 2 fully saturated rings. The van der Waals surface area contributed by atoms with E-state index in [0.29, 0.717) is 49.3 Å². The van der Waals surface area contributed by atoms with Crippen LogP contribution in [0.4, 0.5) is 11.5 Å². The number of carbonyl (C=O) groups excluding carboxylic acids is 3. The number of H-pyrrole nitrogens is 1. The summed E-state index contributed by atoms with van der Waals surface area (Å²) in [6, 6.07) is 19.4. The summed E-state index contributed by atoms with van der Waals surface area (Å²) >= 11 is 0. The lowest BCUT2D eigenvalue weighted by atomic mass is 9.70. The molecule has 2 aromatic heterocycles. The molecule has 3 aliphatic rings. The number of rotatable bonds is 12. The van der Waals surface area contributed by atoms with Gasteiger partial charge in [-0.25, -0.2) is 4.98 Å². The third kappa shape index (κ3) is 7.97. The fourth-order valence-corrected chi connectivity index (χ4v) is 10.0. The number of benzene rings is 3. The van der Waals surface area contributed by atoms with Crippen LogP contribution in [0.2, 0.25) is 0 Å². The number of nitrogens with zero attached hydrogens (tertiary/aromatic N) is 5. The standard InChI is InChI=1S/C49H59N9O3/c1-6-31-24-36-37(49(4,5)45-43(44(36)60)35-17-16-30(26-50)23-39(35)54-45)25-40(31)57-19-21-58(22-20-57)42(59)15-10-18-56-28-41(48(2,3)29-56)55-47(61)38(51)14-9-13-34-33-12-8-7-11-32(33)27-53-46(34)52/h7-8,11-12,16-17,23-25,27,38,41,54H,6,9-10,13-15,18-22,28-29,51H2,1-5H3,(H2,52,53)(H,55,61)/t38-,41-/m0/s1. The van der Waals surface area contributed by atoms with Crippen LogP contribution in [0.3, 0.4) is 0 Å². The highest BCUT2D eigenvalue weighted by Gasteiger charge is 2.42. The van der Waals surface area contributed by atoms with Gasteiger partial charge >= 0.3 is 0 Å². The first-order chi connectivity index (χ1) is 29.2. The fourth-order valence-electron chi connectivity index (χ4n) is 10.0. The minimum atomic E-state index is -0.613. The number of likely N-dealkylation sites (tertiary alicyclic amines) is 1. The third-order valence-electron chi connectivity index (χ3n) is 13.7. The Bertz CT molecular complexity index is 2560. The number of carbonyl (C=O) groups is 3. The number of aromatic nitrogens is 2. The number of fused-ring (bicyclic) bond motifs is 5. The van der Waals surface area contributed by atoms with Crippen LogP contribution in [-0.4, -0.2) is 95.3 Å². The molecule has 1 aliphatic carbocycles. The van der Waals surface area contributed by atoms with E-state index in [0.717, 1.165) is 107 Å². The summed E-state index contributed by atoms with van der Waals surface area (Å²) in [6.45, 7) is 15.9. The number of nitrogens with one attached hydrogen (secondary N) is 2. The zero-order valence-corrected chi connectivity index (χ0v) is 36.2. The number of hydrogen-bond acceptors (Lipinski definition) is 9. The molecule has 61 heavy (non-hydrogen) atoms. The smallest absolute Gasteiger partial charge is 0.237 e. The summed E-state index contributed by atoms with van der Waals surface area (Å²) < 4.78 is 0. The average Bonchev–Trinajstić information content (AvgIpc) is 3.79. The second kappa shape index (κ2) is 16.6. The van der Waals surface area contributed by atoms with E-state index in [2.05, 4.69) is 84.0 Å². The van der Waals surface area contributed by atoms with Crippen molar-refractivity contribution in [2.24, 2.45) is 11.1 Å². The van der Waals surface area contributed by atoms with Gasteiger partial charge in [-0.15, -0.1) is 0 Å². The molecule has 12 heteroatoms. The predicted octanol–water partition coefficient (Wildman–Crippen LogP) is 6.21. The molecular weight excluding hydrogens is 763 g/mol. The molecule has 2 atom stereocenters. The Labute approximate surface area is 358 Å². The Morgan fingerprint density at radius 1 is 1.03 bits per heavy atom. The van der Waals surface area contributed by atoms with Crippen LogP contribution in [0.25, 0.3) is 21.7 Å². The van der Waals surface area contributed by atoms with E-state index in [4.69, 9.17) is 11.5 Å². The van der Waals surface area contributed by atoms with Gasteiger partial charge in [0.15, 0.2) is 5.78 Å². The van der Waals surface area contributed by atoms with Crippen molar-refractivity contribution >= 4 is 50.8 Å². The van der Waals surface area contributed by atoms with E-state index < -0.39 is 11.5 Å². The summed E-state index contributed by atoms with van der Waals surface area (Å²) in [7, 11) is 0. The maximum absolute atomic E-state index is 14.1. The van der Waals surface area contributed by atoms with Crippen LogP contribution < -0.4 is 21.7 Å². The normalized spacial score (nSPS) is 18.8. The second-order valence-electron chi connectivity index (χ2n) is 18.5. The van der Waals surface area contributed by atoms with E-state index in [1.54, 1.807) is 12.3 Å². The molecule has 12 nitrogen and oxygen atoms in total. The summed E-state index contributed by atoms with van der Waals surface area (Å²) in [5.74, 6) is 0.586. The highest BCUT2D eigenvalue weighted by molar-refractivity contribution is 6.20. The van der Waals surface area contributed by atoms with Gasteiger partial charge in [0, 0.05) is 102 Å². The Morgan fingerprint density at radius 2 is 1.80 bits per heavy atom. The quantitative estimate of drug-likeness (QED) is 0.114. The third-order valence-corrected chi connectivity index (χ3v) is 13.7. The highest BCUT2D eigenvalue weighted by Crippen LogP contribution is 2.46. The number of hydrogen-bond donors (Lipinski definition) is 4. The van der Waals surface area contributed by atoms with Crippen LogP contribution in [-0.2, 0) is 27.8 Å². The van der Waals surface area contributed by atoms with Crippen LogP contribution in [0.1, 0.15) is 104 Å². The number of aryl methyl sites for hydroxylation is 2. The molecular formula is C49H59N9O3. The lowest BCUT2D eigenvalue weighted by Gasteiger charge is -2.39. The highest BCUT2D eigenvalue weighted by atomic mass is 16.2. The number of anilines is 2. The van der Waals surface area contributed by atoms with Gasteiger partial charge < -0.3 is 36.5 Å². The molecule has 318 valence electrons. The molecule has 0 unspecified atom stereocenters. The van der Waals surface area contributed by atoms with Gasteiger partial charge in [0.1, 0.15) is 5.82 Å². The zero-order valence-electron chi connectivity index (χ0n) is 36.2. The molecule has 3 aromatic carbocycles. The van der Waals surface area contributed by atoms with Crippen molar-refractivity contribution in [3.63, 3.8) is 0 Å². The first kappa shape index (κ1) is 41.9. The van der Waals surface area contributed by atoms with Crippen molar-refractivity contribution in [2.75, 3.05) is 56.4 Å². The van der Waals surface area contributed by atoms with Crippen LogP contribution >= 0.6 is 0 Å². The van der Waals surface area contributed by atoms with Gasteiger partial charge in [0.05, 0.1) is 23.2 Å². The van der Waals surface area contributed by atoms with E-state index in [1.165, 1.54) is 0 Å². The van der Waals surface area contributed by atoms with Crippen LogP contribution in [0.15, 0.2) is 60.8 Å². The van der Waals surface area contributed by atoms with Crippen molar-refractivity contribution in [3.8, 4) is 6.07 Å². The van der Waals surface area contributed by atoms with Gasteiger partial charge in [-0.1, -0.05) is 65.0 Å². The zero-order chi connectivity index (χ0) is 43.2. The predicted molar refractivity (Wildman–Crippen MR) is 242 cm³/mol. The van der Waals surface area contributed by atoms with Crippen molar-refractivity contribution < 1.29 is 14.4 Å². The van der Waals surface area contributed by atoms with Gasteiger partial charge in [0.2, 0.25) is 11.8 Å². The maximum atomic E-state index is 14.1. The number of nitrogen functional groups attached to an aromatic ring is 1. The average molecular weight is 822 g/mol. The van der Waals surface area contributed by atoms with Crippen molar-refractivity contribution in [2.45, 2.75) is 90.6 Å². The molecule has 0 spiro atoms. The summed E-state index contributed by atoms with van der Waals surface area (Å²) in [5, 5.41) is 15.7. The van der Waals surface area contributed by atoms with E-state index in [1.807, 2.05) is 35.2 Å². The Balaban J connectivity index is 0.819. The van der Waals surface area contributed by atoms with Crippen molar-refractivity contribution in [3.05, 3.63) is 99.9 Å². The van der Waals surface area contributed by atoms with Gasteiger partial charge in [-0.05, 0) is 84.8 Å². The van der Waals surface area contributed by atoms with Gasteiger partial charge in [-0.3, -0.25) is 14.4 Å². The summed E-state index contributed by atoms with van der Waals surface area (Å²) in [4.78, 5) is 55.5. The number of ketones is 1. The van der Waals surface area contributed by atoms with Crippen molar-refractivity contribution in [1.82, 2.24) is 25.1 Å². The maximum Gasteiger partial charge on any atom is 0.237 e. The molecule has 4 heterocycles. The summed E-state index contributed by atoms with van der Waals surface area (Å²) in [5.41, 5.74) is 20.0. The first-order valence-electron chi connectivity index (χ1n) is 21.9. The lowest BCUT2D eigenvalue weighted by Crippen LogP contribution is -2.50. The Kier molecular flexibility index (Phi) is 11.4. The Morgan fingerprint density at radius 3 is 2.56 bits per heavy atom. The number of nitrogens with two attached hydrogens (primary N) is 2. The van der Waals surface area contributed by atoms with E-state index in [-0.39, 0.29) is 29.1 Å². The van der Waals surface area contributed by atoms with Crippen LogP contribution in [0.5, 0.6) is 0 Å². The molecule has 2 amide bonds. The molecule has 0 saturated carbocycles. The second-order valence-corrected chi connectivity index (χ2v) is 18.5. The Hall–Kier alpha value is -5.77. The first-order valence-corrected chi connectivity index (χ1v) is 21.9. The summed E-state index contributed by atoms with van der Waals surface area (Å²) in [6.07, 6.45) is 5.79.